The van der Waals surface area contributed by atoms with Gasteiger partial charge in [0, 0.05) is 11.6 Å². The number of benzene rings is 1. The van der Waals surface area contributed by atoms with Gasteiger partial charge in [-0.25, -0.2) is 4.98 Å². The third-order valence-electron chi connectivity index (χ3n) is 3.63. The fraction of sp³-hybridized carbons (Fsp3) is 0.222. The van der Waals surface area contributed by atoms with Gasteiger partial charge in [0.2, 0.25) is 0 Å². The van der Waals surface area contributed by atoms with Crippen molar-refractivity contribution in [2.75, 3.05) is 0 Å². The summed E-state index contributed by atoms with van der Waals surface area (Å²) in [5.41, 5.74) is 0.412. The maximum Gasteiger partial charge on any atom is 0.433 e. The minimum Gasteiger partial charge on any atom is -0.401 e. The van der Waals surface area contributed by atoms with Crippen LogP contribution in [-0.4, -0.2) is 14.5 Å². The number of nitro groups is 1. The van der Waals surface area contributed by atoms with E-state index in [4.69, 9.17) is 16.0 Å². The van der Waals surface area contributed by atoms with E-state index in [0.717, 1.165) is 0 Å². The molecule has 0 N–H and O–H groups in total. The highest BCUT2D eigenvalue weighted by Crippen LogP contribution is 2.24. The van der Waals surface area contributed by atoms with Gasteiger partial charge >= 0.3 is 5.88 Å². The molecule has 0 spiro atoms. The van der Waals surface area contributed by atoms with Crippen molar-refractivity contribution in [1.29, 1.82) is 0 Å². The molecule has 0 saturated heterocycles. The monoisotopic (exact) mass is 405 g/mol. The summed E-state index contributed by atoms with van der Waals surface area (Å²) < 4.78 is 6.70. The number of furan rings is 1. The molecule has 0 aliphatic rings. The van der Waals surface area contributed by atoms with Crippen molar-refractivity contribution < 1.29 is 9.34 Å². The molecule has 0 aliphatic carbocycles. The van der Waals surface area contributed by atoms with E-state index in [2.05, 4.69) is 4.98 Å². The van der Waals surface area contributed by atoms with Crippen LogP contribution in [0.4, 0.5) is 5.88 Å². The number of aromatic nitrogens is 2. The molecule has 0 fully saturated rings. The molecule has 0 atom stereocenters. The Bertz CT molecular complexity index is 1090. The summed E-state index contributed by atoms with van der Waals surface area (Å²) in [6, 6.07) is 7.82. The summed E-state index contributed by atoms with van der Waals surface area (Å²) in [5.74, 6) is 0.272. The zero-order valence-corrected chi connectivity index (χ0v) is 16.2. The molecular formula is C18H16ClN3O4S. The molecule has 3 rings (SSSR count). The minimum atomic E-state index is -0.596. The first-order valence-corrected chi connectivity index (χ1v) is 9.38. The molecule has 2 heterocycles. The average Bonchev–Trinajstić information content (AvgIpc) is 3.08. The topological polar surface area (TPSA) is 91.2 Å². The molecule has 0 radical (unpaired) electrons. The van der Waals surface area contributed by atoms with E-state index >= 15 is 0 Å². The van der Waals surface area contributed by atoms with Gasteiger partial charge in [-0.1, -0.05) is 37.2 Å². The lowest BCUT2D eigenvalue weighted by Gasteiger charge is -2.13. The second kappa shape index (κ2) is 7.98. The van der Waals surface area contributed by atoms with Crippen LogP contribution in [0.3, 0.4) is 0 Å². The molecule has 0 saturated carbocycles. The van der Waals surface area contributed by atoms with Gasteiger partial charge in [-0.2, -0.15) is 0 Å². The Morgan fingerprint density at radius 1 is 1.37 bits per heavy atom. The van der Waals surface area contributed by atoms with Crippen LogP contribution in [-0.2, 0) is 6.54 Å². The molecule has 140 valence electrons. The van der Waals surface area contributed by atoms with E-state index in [1.807, 2.05) is 13.8 Å². The van der Waals surface area contributed by atoms with E-state index < -0.39 is 4.92 Å². The van der Waals surface area contributed by atoms with Crippen LogP contribution >= 0.6 is 23.4 Å². The Hall–Kier alpha value is -2.58. The number of nitrogens with zero attached hydrogens (tertiary/aromatic N) is 3. The number of thioether (sulfide) groups is 1. The summed E-state index contributed by atoms with van der Waals surface area (Å²) in [6.07, 6.45) is 1.59. The molecule has 7 nitrogen and oxygen atoms in total. The van der Waals surface area contributed by atoms with Gasteiger partial charge in [-0.05, 0) is 41.7 Å². The Labute approximate surface area is 163 Å². The highest BCUT2D eigenvalue weighted by atomic mass is 35.5. The minimum absolute atomic E-state index is 0.152. The smallest absolute Gasteiger partial charge is 0.401 e. The summed E-state index contributed by atoms with van der Waals surface area (Å²) in [6.45, 7) is 4.54. The van der Waals surface area contributed by atoms with Gasteiger partial charge in [0.25, 0.3) is 5.56 Å². The summed E-state index contributed by atoms with van der Waals surface area (Å²) in [7, 11) is 0. The average molecular weight is 406 g/mol. The van der Waals surface area contributed by atoms with Crippen molar-refractivity contribution in [3.63, 3.8) is 0 Å². The Kier molecular flexibility index (Phi) is 5.67. The van der Waals surface area contributed by atoms with Crippen LogP contribution < -0.4 is 5.56 Å². The van der Waals surface area contributed by atoms with Gasteiger partial charge in [0.1, 0.15) is 10.7 Å². The third kappa shape index (κ3) is 4.40. The first-order chi connectivity index (χ1) is 12.8. The largest absolute Gasteiger partial charge is 0.433 e. The maximum atomic E-state index is 12.9. The van der Waals surface area contributed by atoms with Crippen LogP contribution in [0, 0.1) is 16.0 Å². The molecule has 3 aromatic rings. The molecule has 0 amide bonds. The number of rotatable bonds is 6. The van der Waals surface area contributed by atoms with Crippen LogP contribution in [0.25, 0.3) is 17.0 Å². The number of hydrogen-bond acceptors (Lipinski definition) is 6. The maximum absolute atomic E-state index is 12.9. The Morgan fingerprint density at radius 3 is 2.81 bits per heavy atom. The van der Waals surface area contributed by atoms with Gasteiger partial charge in [-0.15, -0.1) is 0 Å². The molecule has 0 bridgehead atoms. The van der Waals surface area contributed by atoms with Gasteiger partial charge in [0.15, 0.2) is 5.16 Å². The molecule has 2 aromatic heterocycles. The standard InChI is InChI=1S/C18H16ClN3O4S/c1-11(2)10-21-17(23)14-9-12(19)3-5-15(14)20-18(21)27-8-7-13-4-6-16(26-13)22(24)25/h3-9,11H,10H2,1-2H3/b8-7+. The van der Waals surface area contributed by atoms with Crippen LogP contribution in [0.2, 0.25) is 5.02 Å². The van der Waals surface area contributed by atoms with Gasteiger partial charge in [0.05, 0.1) is 17.0 Å². The zero-order valence-electron chi connectivity index (χ0n) is 14.6. The fourth-order valence-corrected chi connectivity index (χ4v) is 3.41. The fourth-order valence-electron chi connectivity index (χ4n) is 2.48. The molecule has 1 aromatic carbocycles. The lowest BCUT2D eigenvalue weighted by atomic mass is 10.2. The van der Waals surface area contributed by atoms with Crippen molar-refractivity contribution >= 4 is 46.2 Å². The van der Waals surface area contributed by atoms with Gasteiger partial charge in [-0.3, -0.25) is 19.5 Å². The van der Waals surface area contributed by atoms with E-state index in [0.29, 0.717) is 33.4 Å². The quantitative estimate of drug-likeness (QED) is 0.249. The first-order valence-electron chi connectivity index (χ1n) is 8.12. The Balaban J connectivity index is 1.96. The van der Waals surface area contributed by atoms with E-state index in [-0.39, 0.29) is 17.4 Å². The second-order valence-electron chi connectivity index (χ2n) is 6.22. The summed E-state index contributed by atoms with van der Waals surface area (Å²) in [5, 5.41) is 13.8. The highest BCUT2D eigenvalue weighted by Gasteiger charge is 2.13. The molecule has 27 heavy (non-hydrogen) atoms. The van der Waals surface area contributed by atoms with Crippen molar-refractivity contribution in [3.8, 4) is 0 Å². The predicted octanol–water partition coefficient (Wildman–Crippen LogP) is 4.97. The van der Waals surface area contributed by atoms with Crippen molar-refractivity contribution in [1.82, 2.24) is 9.55 Å². The summed E-state index contributed by atoms with van der Waals surface area (Å²) >= 11 is 7.26. The third-order valence-corrected chi connectivity index (χ3v) is 4.66. The summed E-state index contributed by atoms with van der Waals surface area (Å²) in [4.78, 5) is 27.5. The van der Waals surface area contributed by atoms with E-state index in [1.165, 1.54) is 23.9 Å². The van der Waals surface area contributed by atoms with Crippen molar-refractivity contribution in [2.24, 2.45) is 5.92 Å². The molecular weight excluding hydrogens is 390 g/mol. The predicted molar refractivity (Wildman–Crippen MR) is 106 cm³/mol. The number of fused-ring (bicyclic) bond motifs is 1. The zero-order chi connectivity index (χ0) is 19.6. The Morgan fingerprint density at radius 2 is 2.15 bits per heavy atom. The lowest BCUT2D eigenvalue weighted by Crippen LogP contribution is -2.25. The van der Waals surface area contributed by atoms with Crippen LogP contribution in [0.5, 0.6) is 0 Å². The number of halogens is 1. The van der Waals surface area contributed by atoms with Crippen molar-refractivity contribution in [3.05, 3.63) is 67.0 Å². The molecule has 9 heteroatoms. The molecule has 0 unspecified atom stereocenters. The van der Waals surface area contributed by atoms with Crippen molar-refractivity contribution in [2.45, 2.75) is 25.5 Å². The highest BCUT2D eigenvalue weighted by molar-refractivity contribution is 8.02. The van der Waals surface area contributed by atoms with E-state index in [1.54, 1.807) is 34.3 Å². The molecule has 0 aliphatic heterocycles. The van der Waals surface area contributed by atoms with E-state index in [9.17, 15) is 14.9 Å². The SMILES string of the molecule is CC(C)Cn1c(S/C=C/c2ccc([N+](=O)[O-])o2)nc2ccc(Cl)cc2c1=O. The number of hydrogen-bond donors (Lipinski definition) is 0. The van der Waals surface area contributed by atoms with Crippen LogP contribution in [0.1, 0.15) is 19.6 Å². The normalized spacial score (nSPS) is 11.7. The first kappa shape index (κ1) is 19.2. The van der Waals surface area contributed by atoms with Crippen LogP contribution in [0.15, 0.2) is 50.1 Å². The lowest BCUT2D eigenvalue weighted by molar-refractivity contribution is -0.402. The van der Waals surface area contributed by atoms with Gasteiger partial charge < -0.3 is 4.42 Å². The second-order valence-corrected chi connectivity index (χ2v) is 7.53.